The highest BCUT2D eigenvalue weighted by Gasteiger charge is 2.21. The zero-order valence-electron chi connectivity index (χ0n) is 14.3. The fourth-order valence-electron chi connectivity index (χ4n) is 2.13. The molecule has 2 N–H and O–H groups in total. The Morgan fingerprint density at radius 2 is 1.77 bits per heavy atom. The molecule has 2 rings (SSSR count). The van der Waals surface area contributed by atoms with Gasteiger partial charge in [-0.05, 0) is 36.8 Å². The van der Waals surface area contributed by atoms with E-state index in [-0.39, 0.29) is 10.8 Å². The standard InChI is InChI=1S/C18H21ClN2O3S2/c1-14(21-26(23,24)17-9-7-16(19)8-10-17)18(22)20-11-12-25-13-15-5-3-2-4-6-15/h2-10,14,21H,11-13H2,1H3,(H,20,22)/t14-/m0/s1. The van der Waals surface area contributed by atoms with E-state index in [1.807, 2.05) is 18.2 Å². The molecule has 2 aromatic rings. The number of benzene rings is 2. The average Bonchev–Trinajstić information content (AvgIpc) is 2.62. The first kappa shape index (κ1) is 20.8. The van der Waals surface area contributed by atoms with Crippen LogP contribution in [0.4, 0.5) is 0 Å². The van der Waals surface area contributed by atoms with Crippen LogP contribution in [0.1, 0.15) is 12.5 Å². The van der Waals surface area contributed by atoms with Crippen molar-refractivity contribution in [2.45, 2.75) is 23.6 Å². The van der Waals surface area contributed by atoms with Crippen molar-refractivity contribution in [2.75, 3.05) is 12.3 Å². The van der Waals surface area contributed by atoms with E-state index in [0.29, 0.717) is 11.6 Å². The second kappa shape index (κ2) is 9.97. The summed E-state index contributed by atoms with van der Waals surface area (Å²) < 4.78 is 26.9. The van der Waals surface area contributed by atoms with E-state index in [9.17, 15) is 13.2 Å². The van der Waals surface area contributed by atoms with Crippen LogP contribution in [0.2, 0.25) is 5.02 Å². The zero-order chi connectivity index (χ0) is 19.0. The highest BCUT2D eigenvalue weighted by atomic mass is 35.5. The van der Waals surface area contributed by atoms with E-state index in [0.717, 1.165) is 11.5 Å². The maximum Gasteiger partial charge on any atom is 0.241 e. The van der Waals surface area contributed by atoms with Gasteiger partial charge < -0.3 is 5.32 Å². The molecular weight excluding hydrogens is 392 g/mol. The van der Waals surface area contributed by atoms with E-state index in [1.54, 1.807) is 11.8 Å². The normalized spacial score (nSPS) is 12.5. The van der Waals surface area contributed by atoms with Crippen LogP contribution in [0, 0.1) is 0 Å². The Hall–Kier alpha value is -1.54. The van der Waals surface area contributed by atoms with Crippen LogP contribution in [0.25, 0.3) is 0 Å². The quantitative estimate of drug-likeness (QED) is 0.620. The molecule has 0 radical (unpaired) electrons. The fraction of sp³-hybridized carbons (Fsp3) is 0.278. The van der Waals surface area contributed by atoms with Gasteiger partial charge in [-0.15, -0.1) is 0 Å². The lowest BCUT2D eigenvalue weighted by Gasteiger charge is -2.14. The van der Waals surface area contributed by atoms with Crippen molar-refractivity contribution in [3.05, 3.63) is 65.2 Å². The topological polar surface area (TPSA) is 75.3 Å². The second-order valence-corrected chi connectivity index (χ2v) is 8.88. The lowest BCUT2D eigenvalue weighted by molar-refractivity contribution is -0.122. The molecule has 1 atom stereocenters. The van der Waals surface area contributed by atoms with Crippen molar-refractivity contribution in [3.8, 4) is 0 Å². The number of thioether (sulfide) groups is 1. The zero-order valence-corrected chi connectivity index (χ0v) is 16.7. The predicted molar refractivity (Wildman–Crippen MR) is 107 cm³/mol. The van der Waals surface area contributed by atoms with Gasteiger partial charge in [0.25, 0.3) is 0 Å². The Morgan fingerprint density at radius 3 is 2.42 bits per heavy atom. The summed E-state index contributed by atoms with van der Waals surface area (Å²) in [5.74, 6) is 1.26. The number of nitrogens with one attached hydrogen (secondary N) is 2. The number of hydrogen-bond donors (Lipinski definition) is 2. The fourth-order valence-corrected chi connectivity index (χ4v) is 4.28. The summed E-state index contributed by atoms with van der Waals surface area (Å²) in [6.45, 7) is 1.99. The van der Waals surface area contributed by atoms with Crippen molar-refractivity contribution in [1.82, 2.24) is 10.0 Å². The second-order valence-electron chi connectivity index (χ2n) is 5.63. The molecule has 0 aliphatic rings. The monoisotopic (exact) mass is 412 g/mol. The van der Waals surface area contributed by atoms with Gasteiger partial charge in [-0.25, -0.2) is 8.42 Å². The van der Waals surface area contributed by atoms with Crippen molar-refractivity contribution in [3.63, 3.8) is 0 Å². The van der Waals surface area contributed by atoms with Crippen molar-refractivity contribution >= 4 is 39.3 Å². The SMILES string of the molecule is C[C@H](NS(=O)(=O)c1ccc(Cl)cc1)C(=O)NCCSCc1ccccc1. The molecule has 0 saturated carbocycles. The van der Waals surface area contributed by atoms with E-state index in [2.05, 4.69) is 22.2 Å². The minimum Gasteiger partial charge on any atom is -0.354 e. The van der Waals surface area contributed by atoms with Gasteiger partial charge in [-0.3, -0.25) is 4.79 Å². The summed E-state index contributed by atoms with van der Waals surface area (Å²) >= 11 is 7.46. The summed E-state index contributed by atoms with van der Waals surface area (Å²) in [4.78, 5) is 12.1. The first-order valence-electron chi connectivity index (χ1n) is 8.06. The predicted octanol–water partition coefficient (Wildman–Crippen LogP) is 3.06. The number of rotatable bonds is 9. The van der Waals surface area contributed by atoms with Gasteiger partial charge >= 0.3 is 0 Å². The van der Waals surface area contributed by atoms with Crippen LogP contribution in [0.15, 0.2) is 59.5 Å². The summed E-state index contributed by atoms with van der Waals surface area (Å²) in [6.07, 6.45) is 0. The van der Waals surface area contributed by atoms with Crippen LogP contribution in [-0.4, -0.2) is 32.7 Å². The maximum absolute atomic E-state index is 12.3. The maximum atomic E-state index is 12.3. The molecule has 0 aromatic heterocycles. The number of carbonyl (C=O) groups is 1. The lowest BCUT2D eigenvalue weighted by atomic mass is 10.2. The molecule has 0 saturated heterocycles. The molecule has 0 aliphatic heterocycles. The van der Waals surface area contributed by atoms with Gasteiger partial charge in [-0.1, -0.05) is 41.9 Å². The number of halogens is 1. The molecule has 5 nitrogen and oxygen atoms in total. The van der Waals surface area contributed by atoms with Crippen LogP contribution in [-0.2, 0) is 20.6 Å². The highest BCUT2D eigenvalue weighted by molar-refractivity contribution is 7.98. The summed E-state index contributed by atoms with van der Waals surface area (Å²) in [7, 11) is -3.77. The van der Waals surface area contributed by atoms with Crippen molar-refractivity contribution < 1.29 is 13.2 Å². The summed E-state index contributed by atoms with van der Waals surface area (Å²) in [5, 5.41) is 3.19. The van der Waals surface area contributed by atoms with E-state index >= 15 is 0 Å². The number of carbonyl (C=O) groups excluding carboxylic acids is 1. The van der Waals surface area contributed by atoms with Gasteiger partial charge in [0.05, 0.1) is 10.9 Å². The molecule has 0 bridgehead atoms. The van der Waals surface area contributed by atoms with Crippen molar-refractivity contribution in [2.24, 2.45) is 0 Å². The van der Waals surface area contributed by atoms with E-state index < -0.39 is 16.1 Å². The van der Waals surface area contributed by atoms with Crippen LogP contribution in [0.5, 0.6) is 0 Å². The van der Waals surface area contributed by atoms with E-state index in [1.165, 1.54) is 36.8 Å². The third-order valence-corrected chi connectivity index (χ3v) is 6.35. The third-order valence-electron chi connectivity index (χ3n) is 3.51. The largest absolute Gasteiger partial charge is 0.354 e. The highest BCUT2D eigenvalue weighted by Crippen LogP contribution is 2.14. The minimum absolute atomic E-state index is 0.0694. The Balaban J connectivity index is 1.74. The van der Waals surface area contributed by atoms with Gasteiger partial charge in [-0.2, -0.15) is 16.5 Å². The molecule has 1 amide bonds. The smallest absolute Gasteiger partial charge is 0.241 e. The number of sulfonamides is 1. The van der Waals surface area contributed by atoms with Gasteiger partial charge in [0.2, 0.25) is 15.9 Å². The molecule has 0 fully saturated rings. The first-order valence-corrected chi connectivity index (χ1v) is 11.1. The summed E-state index contributed by atoms with van der Waals surface area (Å²) in [6, 6.07) is 15.0. The van der Waals surface area contributed by atoms with Crippen LogP contribution < -0.4 is 10.0 Å². The third kappa shape index (κ3) is 6.64. The Bertz CT molecular complexity index is 812. The van der Waals surface area contributed by atoms with Crippen LogP contribution >= 0.6 is 23.4 Å². The Kier molecular flexibility index (Phi) is 7.96. The number of amides is 1. The molecular formula is C18H21ClN2O3S2. The molecule has 0 unspecified atom stereocenters. The molecule has 26 heavy (non-hydrogen) atoms. The molecule has 0 aliphatic carbocycles. The van der Waals surface area contributed by atoms with Crippen LogP contribution in [0.3, 0.4) is 0 Å². The summed E-state index contributed by atoms with van der Waals surface area (Å²) in [5.41, 5.74) is 1.23. The molecule has 0 spiro atoms. The van der Waals surface area contributed by atoms with E-state index in [4.69, 9.17) is 11.6 Å². The lowest BCUT2D eigenvalue weighted by Crippen LogP contribution is -2.45. The molecule has 0 heterocycles. The minimum atomic E-state index is -3.77. The first-order chi connectivity index (χ1) is 12.4. The van der Waals surface area contributed by atoms with Crippen molar-refractivity contribution in [1.29, 1.82) is 0 Å². The molecule has 140 valence electrons. The molecule has 2 aromatic carbocycles. The average molecular weight is 413 g/mol. The Morgan fingerprint density at radius 1 is 1.12 bits per heavy atom. The molecule has 8 heteroatoms. The van der Waals surface area contributed by atoms with Gasteiger partial charge in [0.1, 0.15) is 0 Å². The van der Waals surface area contributed by atoms with Gasteiger partial charge in [0.15, 0.2) is 0 Å². The Labute approximate surface area is 163 Å². The van der Waals surface area contributed by atoms with Gasteiger partial charge in [0, 0.05) is 23.1 Å². The number of hydrogen-bond acceptors (Lipinski definition) is 4.